The molecule has 1 aromatic carbocycles. The number of hydrogen-bond acceptors (Lipinski definition) is 3. The van der Waals surface area contributed by atoms with Crippen LogP contribution in [0.25, 0.3) is 0 Å². The fraction of sp³-hybridized carbons (Fsp3) is 0.333. The first-order chi connectivity index (χ1) is 9.76. The standard InChI is InChI=1S/C15H15BrN2O2/c16-14-3-1-11(2-4-14)7-18-8-13(9-19)15(17-18)12-5-6-20-10-12/h1-4,8-9,12H,5-7,10H2. The van der Waals surface area contributed by atoms with Crippen molar-refractivity contribution in [1.82, 2.24) is 9.78 Å². The van der Waals surface area contributed by atoms with E-state index in [1.807, 2.05) is 35.1 Å². The van der Waals surface area contributed by atoms with Crippen LogP contribution in [0.1, 0.15) is 34.0 Å². The highest BCUT2D eigenvalue weighted by atomic mass is 79.9. The van der Waals surface area contributed by atoms with E-state index < -0.39 is 0 Å². The minimum atomic E-state index is 0.251. The summed E-state index contributed by atoms with van der Waals surface area (Å²) in [5.41, 5.74) is 2.70. The molecule has 104 valence electrons. The predicted octanol–water partition coefficient (Wildman–Crippen LogP) is 3.01. The van der Waals surface area contributed by atoms with Crippen molar-refractivity contribution >= 4 is 22.2 Å². The van der Waals surface area contributed by atoms with Crippen molar-refractivity contribution in [3.05, 3.63) is 51.8 Å². The molecule has 1 atom stereocenters. The van der Waals surface area contributed by atoms with E-state index in [2.05, 4.69) is 21.0 Å². The third kappa shape index (κ3) is 2.83. The van der Waals surface area contributed by atoms with Gasteiger partial charge in [-0.1, -0.05) is 28.1 Å². The fourth-order valence-electron chi connectivity index (χ4n) is 2.47. The topological polar surface area (TPSA) is 44.1 Å². The van der Waals surface area contributed by atoms with E-state index in [0.29, 0.717) is 18.7 Å². The second kappa shape index (κ2) is 5.89. The second-order valence-corrected chi connectivity index (χ2v) is 5.89. The quantitative estimate of drug-likeness (QED) is 0.807. The molecule has 0 aliphatic carbocycles. The molecule has 5 heteroatoms. The molecular weight excluding hydrogens is 320 g/mol. The Morgan fingerprint density at radius 3 is 2.85 bits per heavy atom. The van der Waals surface area contributed by atoms with Gasteiger partial charge in [0.1, 0.15) is 0 Å². The number of carbonyl (C=O) groups is 1. The third-order valence-electron chi connectivity index (χ3n) is 3.52. The lowest BCUT2D eigenvalue weighted by molar-refractivity contribution is 0.112. The van der Waals surface area contributed by atoms with E-state index in [-0.39, 0.29) is 5.92 Å². The van der Waals surface area contributed by atoms with Crippen LogP contribution in [-0.4, -0.2) is 29.3 Å². The van der Waals surface area contributed by atoms with E-state index in [9.17, 15) is 4.79 Å². The Labute approximate surface area is 125 Å². The van der Waals surface area contributed by atoms with Gasteiger partial charge in [-0.15, -0.1) is 0 Å². The van der Waals surface area contributed by atoms with Crippen LogP contribution < -0.4 is 0 Å². The number of halogens is 1. The predicted molar refractivity (Wildman–Crippen MR) is 79.0 cm³/mol. The van der Waals surface area contributed by atoms with Gasteiger partial charge in [-0.3, -0.25) is 9.48 Å². The van der Waals surface area contributed by atoms with Crippen LogP contribution in [0.3, 0.4) is 0 Å². The Kier molecular flexibility index (Phi) is 3.98. The second-order valence-electron chi connectivity index (χ2n) is 4.97. The van der Waals surface area contributed by atoms with Crippen LogP contribution in [0, 0.1) is 0 Å². The SMILES string of the molecule is O=Cc1cn(Cc2ccc(Br)cc2)nc1C1CCOC1. The number of rotatable bonds is 4. The zero-order chi connectivity index (χ0) is 13.9. The van der Waals surface area contributed by atoms with Gasteiger partial charge in [0.15, 0.2) is 6.29 Å². The van der Waals surface area contributed by atoms with Crippen LogP contribution in [0.4, 0.5) is 0 Å². The van der Waals surface area contributed by atoms with E-state index in [4.69, 9.17) is 4.74 Å². The molecule has 0 bridgehead atoms. The van der Waals surface area contributed by atoms with Gasteiger partial charge in [0.2, 0.25) is 0 Å². The molecule has 1 saturated heterocycles. The molecule has 1 unspecified atom stereocenters. The molecule has 1 aliphatic rings. The number of nitrogens with zero attached hydrogens (tertiary/aromatic N) is 2. The van der Waals surface area contributed by atoms with Crippen molar-refractivity contribution in [2.75, 3.05) is 13.2 Å². The summed E-state index contributed by atoms with van der Waals surface area (Å²) < 4.78 is 8.27. The van der Waals surface area contributed by atoms with Gasteiger partial charge in [0.05, 0.1) is 24.4 Å². The number of benzene rings is 1. The van der Waals surface area contributed by atoms with E-state index in [1.165, 1.54) is 0 Å². The Bertz CT molecular complexity index is 601. The van der Waals surface area contributed by atoms with Crippen molar-refractivity contribution in [3.63, 3.8) is 0 Å². The van der Waals surface area contributed by atoms with Crippen LogP contribution in [0.5, 0.6) is 0 Å². The van der Waals surface area contributed by atoms with Crippen molar-refractivity contribution < 1.29 is 9.53 Å². The van der Waals surface area contributed by atoms with Crippen LogP contribution in [-0.2, 0) is 11.3 Å². The zero-order valence-electron chi connectivity index (χ0n) is 11.0. The van der Waals surface area contributed by atoms with Gasteiger partial charge in [-0.25, -0.2) is 0 Å². The molecule has 0 N–H and O–H groups in total. The molecule has 1 fully saturated rings. The fourth-order valence-corrected chi connectivity index (χ4v) is 2.73. The molecule has 0 spiro atoms. The summed E-state index contributed by atoms with van der Waals surface area (Å²) in [6.07, 6.45) is 3.65. The lowest BCUT2D eigenvalue weighted by Crippen LogP contribution is -2.04. The first-order valence-electron chi connectivity index (χ1n) is 6.61. The monoisotopic (exact) mass is 334 g/mol. The van der Waals surface area contributed by atoms with E-state index in [0.717, 1.165) is 35.0 Å². The summed E-state index contributed by atoms with van der Waals surface area (Å²) >= 11 is 3.42. The Morgan fingerprint density at radius 2 is 2.20 bits per heavy atom. The molecular formula is C15H15BrN2O2. The summed E-state index contributed by atoms with van der Waals surface area (Å²) in [6.45, 7) is 2.08. The number of carbonyl (C=O) groups excluding carboxylic acids is 1. The van der Waals surface area contributed by atoms with Crippen molar-refractivity contribution in [2.24, 2.45) is 0 Å². The molecule has 20 heavy (non-hydrogen) atoms. The first kappa shape index (κ1) is 13.5. The highest BCUT2D eigenvalue weighted by Crippen LogP contribution is 2.26. The van der Waals surface area contributed by atoms with Crippen LogP contribution in [0.15, 0.2) is 34.9 Å². The van der Waals surface area contributed by atoms with Gasteiger partial charge in [-0.05, 0) is 24.1 Å². The maximum Gasteiger partial charge on any atom is 0.153 e. The molecule has 0 radical (unpaired) electrons. The lowest BCUT2D eigenvalue weighted by atomic mass is 10.0. The van der Waals surface area contributed by atoms with Crippen molar-refractivity contribution in [2.45, 2.75) is 18.9 Å². The average Bonchev–Trinajstić information content (AvgIpc) is 3.10. The van der Waals surface area contributed by atoms with Crippen LogP contribution in [0.2, 0.25) is 0 Å². The van der Waals surface area contributed by atoms with E-state index in [1.54, 1.807) is 0 Å². The molecule has 4 nitrogen and oxygen atoms in total. The highest BCUT2D eigenvalue weighted by Gasteiger charge is 2.23. The Balaban J connectivity index is 1.83. The summed E-state index contributed by atoms with van der Waals surface area (Å²) in [6, 6.07) is 8.10. The first-order valence-corrected chi connectivity index (χ1v) is 7.40. The van der Waals surface area contributed by atoms with E-state index >= 15 is 0 Å². The largest absolute Gasteiger partial charge is 0.381 e. The summed E-state index contributed by atoms with van der Waals surface area (Å²) in [5, 5.41) is 4.57. The summed E-state index contributed by atoms with van der Waals surface area (Å²) in [7, 11) is 0. The smallest absolute Gasteiger partial charge is 0.153 e. The Morgan fingerprint density at radius 1 is 1.40 bits per heavy atom. The number of aromatic nitrogens is 2. The molecule has 1 aromatic heterocycles. The van der Waals surface area contributed by atoms with Gasteiger partial charge in [0, 0.05) is 23.2 Å². The summed E-state index contributed by atoms with van der Waals surface area (Å²) in [4.78, 5) is 11.2. The normalized spacial score (nSPS) is 18.4. The highest BCUT2D eigenvalue weighted by molar-refractivity contribution is 9.10. The minimum absolute atomic E-state index is 0.251. The molecule has 0 saturated carbocycles. The Hall–Kier alpha value is -1.46. The maximum atomic E-state index is 11.2. The van der Waals surface area contributed by atoms with Gasteiger partial charge in [0.25, 0.3) is 0 Å². The zero-order valence-corrected chi connectivity index (χ0v) is 12.5. The average molecular weight is 335 g/mol. The summed E-state index contributed by atoms with van der Waals surface area (Å²) in [5.74, 6) is 0.251. The molecule has 1 aliphatic heterocycles. The third-order valence-corrected chi connectivity index (χ3v) is 4.05. The minimum Gasteiger partial charge on any atom is -0.381 e. The van der Waals surface area contributed by atoms with Crippen molar-refractivity contribution in [1.29, 1.82) is 0 Å². The van der Waals surface area contributed by atoms with Gasteiger partial charge >= 0.3 is 0 Å². The van der Waals surface area contributed by atoms with Gasteiger partial charge < -0.3 is 4.74 Å². The molecule has 2 heterocycles. The molecule has 2 aromatic rings. The van der Waals surface area contributed by atoms with Crippen molar-refractivity contribution in [3.8, 4) is 0 Å². The maximum absolute atomic E-state index is 11.2. The number of aldehydes is 1. The molecule has 3 rings (SSSR count). The molecule has 0 amide bonds. The lowest BCUT2D eigenvalue weighted by Gasteiger charge is -2.04. The number of ether oxygens (including phenoxy) is 1. The van der Waals surface area contributed by atoms with Crippen LogP contribution >= 0.6 is 15.9 Å². The van der Waals surface area contributed by atoms with Gasteiger partial charge in [-0.2, -0.15) is 5.10 Å². The number of hydrogen-bond donors (Lipinski definition) is 0.